The van der Waals surface area contributed by atoms with Gasteiger partial charge in [0.2, 0.25) is 0 Å². The number of carbonyl (C=O) groups is 1. The lowest BCUT2D eigenvalue weighted by molar-refractivity contribution is -0.440. The monoisotopic (exact) mass is 435 g/mol. The SMILES string of the molecule is C[C@@H](N)C(=O)OCCC(F)(F)C(F)(F)C(F)(F)C(F)(F)C(F)(F)C(F)(F)F. The van der Waals surface area contributed by atoms with Gasteiger partial charge in [-0.3, -0.25) is 4.79 Å². The summed E-state index contributed by atoms with van der Waals surface area (Å²) in [6.07, 6.45) is -10.1. The quantitative estimate of drug-likeness (QED) is 0.463. The second-order valence-electron chi connectivity index (χ2n) is 5.21. The molecule has 0 aromatic heterocycles. The second kappa shape index (κ2) is 7.16. The van der Waals surface area contributed by atoms with Gasteiger partial charge in [-0.2, -0.15) is 57.1 Å². The molecule has 0 aliphatic heterocycles. The highest BCUT2D eigenvalue weighted by molar-refractivity contribution is 5.74. The highest BCUT2D eigenvalue weighted by Gasteiger charge is 2.90. The molecule has 0 aromatic carbocycles. The fourth-order valence-electron chi connectivity index (χ4n) is 1.37. The van der Waals surface area contributed by atoms with Gasteiger partial charge < -0.3 is 10.5 Å². The van der Waals surface area contributed by atoms with Crippen LogP contribution in [0.4, 0.5) is 57.1 Å². The fourth-order valence-corrected chi connectivity index (χ4v) is 1.37. The van der Waals surface area contributed by atoms with Gasteiger partial charge in [0.05, 0.1) is 13.0 Å². The molecule has 0 unspecified atom stereocenters. The van der Waals surface area contributed by atoms with Crippen LogP contribution in [-0.2, 0) is 9.53 Å². The molecule has 27 heavy (non-hydrogen) atoms. The standard InChI is InChI=1S/C11H10F13NO2/c1-4(25)5(26)27-3-2-6(12,13)7(14,15)8(16,17)9(18,19)10(20,21)11(22,23)24/h4H,2-3,25H2,1H3/t4-/m1/s1. The highest BCUT2D eigenvalue weighted by Crippen LogP contribution is 2.60. The summed E-state index contributed by atoms with van der Waals surface area (Å²) < 4.78 is 170. The van der Waals surface area contributed by atoms with E-state index >= 15 is 0 Å². The van der Waals surface area contributed by atoms with Gasteiger partial charge in [0.1, 0.15) is 6.04 Å². The Morgan fingerprint density at radius 3 is 1.48 bits per heavy atom. The van der Waals surface area contributed by atoms with Crippen molar-refractivity contribution in [3.63, 3.8) is 0 Å². The number of esters is 1. The van der Waals surface area contributed by atoms with Crippen LogP contribution in [0, 0.1) is 0 Å². The first-order chi connectivity index (χ1) is 11.6. The molecule has 16 heteroatoms. The minimum Gasteiger partial charge on any atom is -0.464 e. The van der Waals surface area contributed by atoms with E-state index in [0.29, 0.717) is 0 Å². The number of nitrogens with two attached hydrogens (primary N) is 1. The van der Waals surface area contributed by atoms with Crippen LogP contribution >= 0.6 is 0 Å². The minimum absolute atomic E-state index is 0.920. The highest BCUT2D eigenvalue weighted by atomic mass is 19.4. The fraction of sp³-hybridized carbons (Fsp3) is 0.909. The van der Waals surface area contributed by atoms with Crippen LogP contribution in [0.2, 0.25) is 0 Å². The van der Waals surface area contributed by atoms with Crippen LogP contribution in [-0.4, -0.2) is 54.4 Å². The van der Waals surface area contributed by atoms with Gasteiger partial charge in [-0.25, -0.2) is 0 Å². The van der Waals surface area contributed by atoms with Gasteiger partial charge in [-0.15, -0.1) is 0 Å². The van der Waals surface area contributed by atoms with Crippen molar-refractivity contribution in [3.8, 4) is 0 Å². The maximum absolute atomic E-state index is 13.3. The third-order valence-corrected chi connectivity index (χ3v) is 3.03. The summed E-state index contributed by atoms with van der Waals surface area (Å²) >= 11 is 0. The van der Waals surface area contributed by atoms with Gasteiger partial charge in [-0.05, 0) is 6.92 Å². The van der Waals surface area contributed by atoms with Crippen molar-refractivity contribution in [2.45, 2.75) is 55.2 Å². The van der Waals surface area contributed by atoms with Crippen LogP contribution in [0.25, 0.3) is 0 Å². The molecular weight excluding hydrogens is 425 g/mol. The number of alkyl halides is 13. The molecule has 0 aromatic rings. The molecular formula is C11H10F13NO2. The Bertz CT molecular complexity index is 541. The summed E-state index contributed by atoms with van der Waals surface area (Å²) in [5.41, 5.74) is 4.87. The van der Waals surface area contributed by atoms with Crippen molar-refractivity contribution in [3.05, 3.63) is 0 Å². The van der Waals surface area contributed by atoms with Gasteiger partial charge in [0, 0.05) is 0 Å². The van der Waals surface area contributed by atoms with Crippen molar-refractivity contribution in [2.24, 2.45) is 5.73 Å². The second-order valence-corrected chi connectivity index (χ2v) is 5.21. The smallest absolute Gasteiger partial charge is 0.460 e. The minimum atomic E-state index is -7.95. The number of halogens is 13. The third kappa shape index (κ3) is 4.18. The van der Waals surface area contributed by atoms with Gasteiger partial charge in [-0.1, -0.05) is 0 Å². The molecule has 3 nitrogen and oxygen atoms in total. The maximum Gasteiger partial charge on any atom is 0.460 e. The summed E-state index contributed by atoms with van der Waals surface area (Å²) in [5, 5.41) is 0. The lowest BCUT2D eigenvalue weighted by Gasteiger charge is -2.39. The third-order valence-electron chi connectivity index (χ3n) is 3.03. The molecule has 0 aliphatic carbocycles. The Morgan fingerprint density at radius 2 is 1.15 bits per heavy atom. The Kier molecular flexibility index (Phi) is 6.77. The summed E-state index contributed by atoms with van der Waals surface area (Å²) in [6.45, 7) is -0.886. The first kappa shape index (κ1) is 25.5. The van der Waals surface area contributed by atoms with Crippen molar-refractivity contribution >= 4 is 5.97 Å². The van der Waals surface area contributed by atoms with E-state index in [-0.39, 0.29) is 0 Å². The largest absolute Gasteiger partial charge is 0.464 e. The van der Waals surface area contributed by atoms with E-state index in [2.05, 4.69) is 4.74 Å². The van der Waals surface area contributed by atoms with E-state index in [1.807, 2.05) is 0 Å². The van der Waals surface area contributed by atoms with E-state index in [9.17, 15) is 61.9 Å². The number of carbonyl (C=O) groups excluding carboxylic acids is 1. The molecule has 162 valence electrons. The van der Waals surface area contributed by atoms with Crippen LogP contribution in [0.5, 0.6) is 0 Å². The predicted molar refractivity (Wildman–Crippen MR) is 60.0 cm³/mol. The van der Waals surface area contributed by atoms with E-state index < -0.39 is 60.8 Å². The Hall–Kier alpha value is -1.48. The Labute approximate surface area is 141 Å². The molecule has 0 fully saturated rings. The zero-order valence-corrected chi connectivity index (χ0v) is 12.8. The molecule has 0 saturated carbocycles. The van der Waals surface area contributed by atoms with Crippen LogP contribution in [0.3, 0.4) is 0 Å². The maximum atomic E-state index is 13.3. The van der Waals surface area contributed by atoms with E-state index in [0.717, 1.165) is 6.92 Å². The molecule has 0 spiro atoms. The first-order valence-electron chi connectivity index (χ1n) is 6.46. The topological polar surface area (TPSA) is 52.3 Å². The first-order valence-corrected chi connectivity index (χ1v) is 6.46. The van der Waals surface area contributed by atoms with Crippen LogP contribution in [0.1, 0.15) is 13.3 Å². The van der Waals surface area contributed by atoms with E-state index in [4.69, 9.17) is 5.73 Å². The van der Waals surface area contributed by atoms with Crippen molar-refractivity contribution in [1.82, 2.24) is 0 Å². The summed E-state index contributed by atoms with van der Waals surface area (Å²) in [7, 11) is 0. The summed E-state index contributed by atoms with van der Waals surface area (Å²) in [6, 6.07) is -1.49. The molecule has 0 bridgehead atoms. The number of rotatable bonds is 8. The molecule has 0 radical (unpaired) electrons. The van der Waals surface area contributed by atoms with Crippen LogP contribution in [0.15, 0.2) is 0 Å². The Balaban J connectivity index is 5.77. The zero-order chi connectivity index (χ0) is 22.3. The zero-order valence-electron chi connectivity index (χ0n) is 12.8. The van der Waals surface area contributed by atoms with E-state index in [1.54, 1.807) is 0 Å². The van der Waals surface area contributed by atoms with Crippen molar-refractivity contribution in [1.29, 1.82) is 0 Å². The van der Waals surface area contributed by atoms with Crippen LogP contribution < -0.4 is 5.73 Å². The molecule has 2 N–H and O–H groups in total. The van der Waals surface area contributed by atoms with E-state index in [1.165, 1.54) is 0 Å². The molecule has 0 heterocycles. The van der Waals surface area contributed by atoms with Gasteiger partial charge in [0.25, 0.3) is 0 Å². The number of hydrogen-bond donors (Lipinski definition) is 1. The normalized spacial score (nSPS) is 16.3. The molecule has 0 amide bonds. The average Bonchev–Trinajstić information content (AvgIpc) is 2.44. The lowest BCUT2D eigenvalue weighted by atomic mass is 9.93. The number of ether oxygens (including phenoxy) is 1. The Morgan fingerprint density at radius 1 is 0.778 bits per heavy atom. The molecule has 0 aliphatic rings. The summed E-state index contributed by atoms with van der Waals surface area (Å²) in [4.78, 5) is 10.8. The molecule has 0 rings (SSSR count). The molecule has 0 saturated heterocycles. The predicted octanol–water partition coefficient (Wildman–Crippen LogP) is 4.01. The average molecular weight is 435 g/mol. The summed E-state index contributed by atoms with van der Waals surface area (Å²) in [5.74, 6) is -38.8. The van der Waals surface area contributed by atoms with Gasteiger partial charge >= 0.3 is 41.8 Å². The number of hydrogen-bond acceptors (Lipinski definition) is 3. The van der Waals surface area contributed by atoms with Gasteiger partial charge in [0.15, 0.2) is 0 Å². The van der Waals surface area contributed by atoms with Crippen molar-refractivity contribution in [2.75, 3.05) is 6.61 Å². The lowest BCUT2D eigenvalue weighted by Crippen LogP contribution is -2.70. The molecule has 1 atom stereocenters. The van der Waals surface area contributed by atoms with Crippen molar-refractivity contribution < 1.29 is 66.6 Å².